The highest BCUT2D eigenvalue weighted by molar-refractivity contribution is 6.21. The first-order chi connectivity index (χ1) is 2.30. The van der Waals surface area contributed by atoms with Gasteiger partial charge in [0.05, 0.1) is 6.10 Å². The van der Waals surface area contributed by atoms with Crippen molar-refractivity contribution in [3.63, 3.8) is 0 Å². The van der Waals surface area contributed by atoms with Crippen LogP contribution in [0.5, 0.6) is 0 Å². The van der Waals surface area contributed by atoms with Crippen LogP contribution in [-0.4, -0.2) is 11.7 Å². The summed E-state index contributed by atoms with van der Waals surface area (Å²) in [4.78, 5) is 0. The lowest BCUT2D eigenvalue weighted by Crippen LogP contribution is -1.69. The molecule has 1 heterocycles. The average Bonchev–Trinajstić information content (AvgIpc) is 1.79. The van der Waals surface area contributed by atoms with E-state index in [1.54, 1.807) is 0 Å². The summed E-state index contributed by atoms with van der Waals surface area (Å²) in [5.41, 5.74) is 0.0231. The summed E-state index contributed by atoms with van der Waals surface area (Å²) in [5, 5.41) is 0. The third kappa shape index (κ3) is 0.551. The third-order valence-electron chi connectivity index (χ3n) is 0.637. The molecule has 0 saturated carbocycles. The van der Waals surface area contributed by atoms with Gasteiger partial charge < -0.3 is 4.74 Å². The maximum atomic E-state index is 5.31. The minimum atomic E-state index is 0.0231. The molecule has 1 saturated heterocycles. The van der Waals surface area contributed by atoms with Crippen molar-refractivity contribution in [3.8, 4) is 0 Å². The molecule has 30 valence electrons. The molecule has 0 bridgehead atoms. The van der Waals surface area contributed by atoms with Crippen LogP contribution < -0.4 is 0 Å². The Bertz CT molecular complexity index is 40.2. The van der Waals surface area contributed by atoms with Gasteiger partial charge in [0.2, 0.25) is 0 Å². The standard InChI is InChI=1S/C3H5ClO/c1-2-3(4)5-2/h2-3H,1H3/t2?,3-/m1/s1. The third-order valence-corrected chi connectivity index (χ3v) is 1.09. The summed E-state index contributed by atoms with van der Waals surface area (Å²) in [6, 6.07) is 0. The van der Waals surface area contributed by atoms with Gasteiger partial charge >= 0.3 is 0 Å². The number of rotatable bonds is 0. The van der Waals surface area contributed by atoms with E-state index in [1.807, 2.05) is 6.92 Å². The summed E-state index contributed by atoms with van der Waals surface area (Å²) in [6.07, 6.45) is 0.316. The molecule has 0 spiro atoms. The summed E-state index contributed by atoms with van der Waals surface area (Å²) in [6.45, 7) is 1.94. The second-order valence-electron chi connectivity index (χ2n) is 1.19. The second kappa shape index (κ2) is 0.854. The highest BCUT2D eigenvalue weighted by Crippen LogP contribution is 2.23. The SMILES string of the molecule is CC1O[C@H]1Cl. The zero-order valence-corrected chi connectivity index (χ0v) is 3.70. The summed E-state index contributed by atoms with van der Waals surface area (Å²) in [7, 11) is 0. The van der Waals surface area contributed by atoms with Gasteiger partial charge in [0, 0.05) is 0 Å². The molecule has 2 heteroatoms. The van der Waals surface area contributed by atoms with E-state index in [9.17, 15) is 0 Å². The Kier molecular flexibility index (Phi) is 0.588. The van der Waals surface area contributed by atoms with Crippen LogP contribution in [0, 0.1) is 0 Å². The lowest BCUT2D eigenvalue weighted by atomic mass is 10.6. The lowest BCUT2D eigenvalue weighted by Gasteiger charge is -1.55. The highest BCUT2D eigenvalue weighted by Gasteiger charge is 2.30. The van der Waals surface area contributed by atoms with Crippen LogP contribution in [0.3, 0.4) is 0 Å². The molecule has 1 aliphatic rings. The number of hydrogen-bond donors (Lipinski definition) is 0. The molecule has 1 nitrogen and oxygen atoms in total. The van der Waals surface area contributed by atoms with Crippen molar-refractivity contribution in [1.29, 1.82) is 0 Å². The van der Waals surface area contributed by atoms with Gasteiger partial charge in [0.25, 0.3) is 0 Å². The van der Waals surface area contributed by atoms with Crippen molar-refractivity contribution >= 4 is 11.6 Å². The summed E-state index contributed by atoms with van der Waals surface area (Å²) in [5.74, 6) is 0. The monoisotopic (exact) mass is 92.0 g/mol. The average molecular weight is 92.5 g/mol. The molecule has 0 aromatic heterocycles. The second-order valence-corrected chi connectivity index (χ2v) is 1.62. The molecular formula is C3H5ClO. The molecule has 1 aliphatic heterocycles. The Balaban J connectivity index is 2.20. The van der Waals surface area contributed by atoms with Crippen LogP contribution in [0.25, 0.3) is 0 Å². The van der Waals surface area contributed by atoms with Crippen molar-refractivity contribution in [2.75, 3.05) is 0 Å². The maximum absolute atomic E-state index is 5.31. The largest absolute Gasteiger partial charge is 0.353 e. The van der Waals surface area contributed by atoms with E-state index in [0.29, 0.717) is 6.10 Å². The van der Waals surface area contributed by atoms with E-state index in [0.717, 1.165) is 0 Å². The molecule has 1 unspecified atom stereocenters. The first-order valence-electron chi connectivity index (χ1n) is 1.60. The Morgan fingerprint density at radius 3 is 2.00 bits per heavy atom. The first-order valence-corrected chi connectivity index (χ1v) is 2.04. The van der Waals surface area contributed by atoms with Crippen LogP contribution in [0.4, 0.5) is 0 Å². The lowest BCUT2D eigenvalue weighted by molar-refractivity contribution is 0.411. The molecule has 2 atom stereocenters. The molecule has 0 radical (unpaired) electrons. The fraction of sp³-hybridized carbons (Fsp3) is 1.00. The van der Waals surface area contributed by atoms with Crippen molar-refractivity contribution in [1.82, 2.24) is 0 Å². The molecule has 1 fully saturated rings. The molecule has 0 N–H and O–H groups in total. The zero-order chi connectivity index (χ0) is 3.86. The fourth-order valence-corrected chi connectivity index (χ4v) is 0.322. The molecule has 0 aromatic rings. The fourth-order valence-electron chi connectivity index (χ4n) is 0.160. The van der Waals surface area contributed by atoms with E-state index in [2.05, 4.69) is 4.74 Å². The molecule has 0 amide bonds. The first kappa shape index (κ1) is 3.44. The van der Waals surface area contributed by atoms with Crippen LogP contribution in [-0.2, 0) is 4.74 Å². The number of ether oxygens (including phenoxy) is 1. The predicted molar refractivity (Wildman–Crippen MR) is 20.2 cm³/mol. The number of epoxide rings is 1. The summed E-state index contributed by atoms with van der Waals surface area (Å²) < 4.78 is 4.68. The quantitative estimate of drug-likeness (QED) is 0.320. The molecule has 1 rings (SSSR count). The van der Waals surface area contributed by atoms with Crippen molar-refractivity contribution < 1.29 is 4.74 Å². The van der Waals surface area contributed by atoms with Crippen LogP contribution in [0.1, 0.15) is 6.92 Å². The molecule has 0 aliphatic carbocycles. The van der Waals surface area contributed by atoms with Crippen LogP contribution >= 0.6 is 11.6 Å². The Morgan fingerprint density at radius 2 is 2.00 bits per heavy atom. The van der Waals surface area contributed by atoms with Gasteiger partial charge in [-0.3, -0.25) is 0 Å². The van der Waals surface area contributed by atoms with E-state index in [-0.39, 0.29) is 5.56 Å². The zero-order valence-electron chi connectivity index (χ0n) is 2.94. The highest BCUT2D eigenvalue weighted by atomic mass is 35.5. The topological polar surface area (TPSA) is 12.5 Å². The smallest absolute Gasteiger partial charge is 0.157 e. The van der Waals surface area contributed by atoms with Gasteiger partial charge in [-0.1, -0.05) is 11.6 Å². The predicted octanol–water partition coefficient (Wildman–Crippen LogP) is 0.970. The number of alkyl halides is 1. The van der Waals surface area contributed by atoms with E-state index >= 15 is 0 Å². The summed E-state index contributed by atoms with van der Waals surface area (Å²) >= 11 is 5.31. The minimum absolute atomic E-state index is 0.0231. The van der Waals surface area contributed by atoms with Crippen LogP contribution in [0.15, 0.2) is 0 Å². The van der Waals surface area contributed by atoms with E-state index in [4.69, 9.17) is 11.6 Å². The van der Waals surface area contributed by atoms with Crippen molar-refractivity contribution in [3.05, 3.63) is 0 Å². The van der Waals surface area contributed by atoms with Gasteiger partial charge in [0.15, 0.2) is 5.56 Å². The van der Waals surface area contributed by atoms with Gasteiger partial charge in [-0.2, -0.15) is 0 Å². The van der Waals surface area contributed by atoms with E-state index in [1.165, 1.54) is 0 Å². The van der Waals surface area contributed by atoms with Crippen molar-refractivity contribution in [2.45, 2.75) is 18.6 Å². The van der Waals surface area contributed by atoms with Gasteiger partial charge in [0.1, 0.15) is 0 Å². The Hall–Kier alpha value is 0.250. The normalized spacial score (nSPS) is 49.2. The Labute approximate surface area is 35.9 Å². The number of hydrogen-bond acceptors (Lipinski definition) is 1. The van der Waals surface area contributed by atoms with Gasteiger partial charge in [-0.05, 0) is 6.92 Å². The number of halogens is 1. The van der Waals surface area contributed by atoms with Crippen molar-refractivity contribution in [2.24, 2.45) is 0 Å². The van der Waals surface area contributed by atoms with Gasteiger partial charge in [-0.25, -0.2) is 0 Å². The molecule has 0 aromatic carbocycles. The molecule has 5 heavy (non-hydrogen) atoms. The Morgan fingerprint density at radius 1 is 1.80 bits per heavy atom. The van der Waals surface area contributed by atoms with E-state index < -0.39 is 0 Å². The molecular weight excluding hydrogens is 87.5 g/mol. The van der Waals surface area contributed by atoms with Gasteiger partial charge in [-0.15, -0.1) is 0 Å². The maximum Gasteiger partial charge on any atom is 0.157 e. The van der Waals surface area contributed by atoms with Crippen LogP contribution in [0.2, 0.25) is 0 Å². The minimum Gasteiger partial charge on any atom is -0.353 e.